The lowest BCUT2D eigenvalue weighted by Gasteiger charge is -2.38. The number of hydrogen-bond donors (Lipinski definition) is 3. The summed E-state index contributed by atoms with van der Waals surface area (Å²) in [6.07, 6.45) is 2.96. The van der Waals surface area contributed by atoms with Gasteiger partial charge < -0.3 is 20.6 Å². The number of anilines is 3. The zero-order valence-corrected chi connectivity index (χ0v) is 18.7. The van der Waals surface area contributed by atoms with Crippen LogP contribution in [0.25, 0.3) is 16.9 Å². The minimum absolute atomic E-state index is 0.0924. The van der Waals surface area contributed by atoms with Gasteiger partial charge in [0.25, 0.3) is 5.95 Å². The summed E-state index contributed by atoms with van der Waals surface area (Å²) in [6.45, 7) is 3.28. The SMILES string of the molecule is C[C@@H]1C[C@H](NC(=O)O)CN(c2ccncc2Nc2nnc3ccc(-c4c(F)cccc4F)nn23)C1. The van der Waals surface area contributed by atoms with Crippen LogP contribution in [0.5, 0.6) is 0 Å². The van der Waals surface area contributed by atoms with Gasteiger partial charge in [0.2, 0.25) is 0 Å². The van der Waals surface area contributed by atoms with Gasteiger partial charge in [0.1, 0.15) is 11.6 Å². The zero-order chi connectivity index (χ0) is 24.5. The number of amides is 1. The minimum Gasteiger partial charge on any atom is -0.465 e. The van der Waals surface area contributed by atoms with E-state index in [-0.39, 0.29) is 29.2 Å². The normalized spacial score (nSPS) is 18.0. The van der Waals surface area contributed by atoms with Crippen LogP contribution >= 0.6 is 0 Å². The highest BCUT2D eigenvalue weighted by Crippen LogP contribution is 2.31. The van der Waals surface area contributed by atoms with Crippen molar-refractivity contribution in [3.05, 3.63) is 60.4 Å². The molecular formula is C23H22F2N8O2. The van der Waals surface area contributed by atoms with Crippen molar-refractivity contribution in [1.29, 1.82) is 0 Å². The standard InChI is InChI=1S/C23H22F2N8O2/c1-13-9-14(27-23(34)35)12-32(11-13)19-7-8-26-10-18(19)28-22-30-29-20-6-5-17(31-33(20)22)21-15(24)3-2-4-16(21)25/h2-8,10,13-14,27H,9,11-12H2,1H3,(H,28,30)(H,34,35)/t13-,14+/m1/s1. The van der Waals surface area contributed by atoms with E-state index in [2.05, 4.69) is 42.7 Å². The molecule has 12 heteroatoms. The van der Waals surface area contributed by atoms with E-state index in [4.69, 9.17) is 5.11 Å². The molecule has 1 aliphatic rings. The van der Waals surface area contributed by atoms with Crippen LogP contribution in [0, 0.1) is 17.6 Å². The van der Waals surface area contributed by atoms with E-state index in [9.17, 15) is 13.6 Å². The number of piperidine rings is 1. The highest BCUT2D eigenvalue weighted by molar-refractivity contribution is 5.73. The van der Waals surface area contributed by atoms with Gasteiger partial charge in [0.15, 0.2) is 5.65 Å². The molecule has 3 N–H and O–H groups in total. The Morgan fingerprint density at radius 1 is 1.11 bits per heavy atom. The highest BCUT2D eigenvalue weighted by atomic mass is 19.1. The summed E-state index contributed by atoms with van der Waals surface area (Å²) in [5.41, 5.74) is 1.65. The van der Waals surface area contributed by atoms with Crippen LogP contribution in [0.1, 0.15) is 13.3 Å². The van der Waals surface area contributed by atoms with Crippen molar-refractivity contribution >= 4 is 29.1 Å². The molecule has 10 nitrogen and oxygen atoms in total. The van der Waals surface area contributed by atoms with Gasteiger partial charge in [-0.2, -0.15) is 9.61 Å². The Morgan fingerprint density at radius 3 is 2.69 bits per heavy atom. The largest absolute Gasteiger partial charge is 0.465 e. The van der Waals surface area contributed by atoms with Crippen molar-refractivity contribution < 1.29 is 18.7 Å². The Bertz CT molecular complexity index is 1370. The van der Waals surface area contributed by atoms with Crippen molar-refractivity contribution in [2.24, 2.45) is 5.92 Å². The van der Waals surface area contributed by atoms with Gasteiger partial charge in [-0.1, -0.05) is 13.0 Å². The number of pyridine rings is 1. The molecule has 0 unspecified atom stereocenters. The van der Waals surface area contributed by atoms with E-state index in [1.807, 2.05) is 6.07 Å². The molecule has 5 rings (SSSR count). The fourth-order valence-corrected chi connectivity index (χ4v) is 4.45. The Labute approximate surface area is 198 Å². The number of hydrogen-bond acceptors (Lipinski definition) is 7. The number of nitrogens with zero attached hydrogens (tertiary/aromatic N) is 6. The molecule has 1 saturated heterocycles. The first-order valence-corrected chi connectivity index (χ1v) is 11.0. The maximum atomic E-state index is 14.3. The quantitative estimate of drug-likeness (QED) is 0.396. The van der Waals surface area contributed by atoms with Crippen LogP contribution in [-0.4, -0.2) is 55.1 Å². The second-order valence-corrected chi connectivity index (χ2v) is 8.52. The lowest BCUT2D eigenvalue weighted by atomic mass is 9.95. The van der Waals surface area contributed by atoms with Crippen molar-refractivity contribution in [1.82, 2.24) is 30.1 Å². The molecule has 2 atom stereocenters. The van der Waals surface area contributed by atoms with Crippen molar-refractivity contribution in [2.45, 2.75) is 19.4 Å². The van der Waals surface area contributed by atoms with Crippen LogP contribution in [0.4, 0.5) is 30.9 Å². The third-order valence-corrected chi connectivity index (χ3v) is 5.85. The molecule has 0 bridgehead atoms. The number of halogens is 2. The van der Waals surface area contributed by atoms with E-state index < -0.39 is 17.7 Å². The van der Waals surface area contributed by atoms with Crippen LogP contribution in [-0.2, 0) is 0 Å². The molecule has 4 aromatic rings. The molecule has 1 amide bonds. The first-order chi connectivity index (χ1) is 16.9. The van der Waals surface area contributed by atoms with Gasteiger partial charge in [-0.05, 0) is 42.7 Å². The number of aromatic nitrogens is 5. The number of carboxylic acid groups (broad SMARTS) is 1. The average Bonchev–Trinajstić information content (AvgIpc) is 3.20. The fraction of sp³-hybridized carbons (Fsp3) is 0.261. The summed E-state index contributed by atoms with van der Waals surface area (Å²) in [4.78, 5) is 17.4. The first kappa shape index (κ1) is 22.4. The monoisotopic (exact) mass is 480 g/mol. The van der Waals surface area contributed by atoms with Gasteiger partial charge in [0.05, 0.1) is 28.8 Å². The molecule has 35 heavy (non-hydrogen) atoms. The van der Waals surface area contributed by atoms with E-state index in [0.717, 1.165) is 18.7 Å². The topological polar surface area (TPSA) is 121 Å². The Kier molecular flexibility index (Phi) is 5.85. The first-order valence-electron chi connectivity index (χ1n) is 11.0. The molecule has 0 saturated carbocycles. The highest BCUT2D eigenvalue weighted by Gasteiger charge is 2.27. The summed E-state index contributed by atoms with van der Waals surface area (Å²) >= 11 is 0. The maximum absolute atomic E-state index is 14.3. The van der Waals surface area contributed by atoms with Gasteiger partial charge >= 0.3 is 6.09 Å². The predicted octanol–water partition coefficient (Wildman–Crippen LogP) is 3.69. The number of benzene rings is 1. The lowest BCUT2D eigenvalue weighted by Crippen LogP contribution is -2.50. The second kappa shape index (κ2) is 9.12. The number of rotatable bonds is 5. The molecule has 0 aliphatic carbocycles. The maximum Gasteiger partial charge on any atom is 0.404 e. The third kappa shape index (κ3) is 4.54. The number of carbonyl (C=O) groups is 1. The predicted molar refractivity (Wildman–Crippen MR) is 125 cm³/mol. The van der Waals surface area contributed by atoms with Gasteiger partial charge in [-0.25, -0.2) is 13.6 Å². The Morgan fingerprint density at radius 2 is 1.91 bits per heavy atom. The molecule has 180 valence electrons. The molecule has 4 heterocycles. The van der Waals surface area contributed by atoms with Crippen LogP contribution in [0.3, 0.4) is 0 Å². The minimum atomic E-state index is -1.06. The zero-order valence-electron chi connectivity index (χ0n) is 18.7. The van der Waals surface area contributed by atoms with Gasteiger partial charge in [-0.3, -0.25) is 4.98 Å². The fourth-order valence-electron chi connectivity index (χ4n) is 4.45. The lowest BCUT2D eigenvalue weighted by molar-refractivity contribution is 0.186. The summed E-state index contributed by atoms with van der Waals surface area (Å²) in [5.74, 6) is -0.955. The van der Waals surface area contributed by atoms with E-state index >= 15 is 0 Å². The van der Waals surface area contributed by atoms with Crippen LogP contribution < -0.4 is 15.5 Å². The van der Waals surface area contributed by atoms with Crippen molar-refractivity contribution in [3.8, 4) is 11.3 Å². The number of fused-ring (bicyclic) bond motifs is 1. The van der Waals surface area contributed by atoms with Crippen molar-refractivity contribution in [3.63, 3.8) is 0 Å². The Hall–Kier alpha value is -4.35. The molecule has 3 aromatic heterocycles. The molecule has 1 fully saturated rings. The molecule has 0 radical (unpaired) electrons. The smallest absolute Gasteiger partial charge is 0.404 e. The van der Waals surface area contributed by atoms with Crippen molar-refractivity contribution in [2.75, 3.05) is 23.3 Å². The molecule has 1 aliphatic heterocycles. The summed E-state index contributed by atoms with van der Waals surface area (Å²) < 4.78 is 30.0. The number of nitrogens with one attached hydrogen (secondary N) is 2. The second-order valence-electron chi connectivity index (χ2n) is 8.52. The summed E-state index contributed by atoms with van der Waals surface area (Å²) in [7, 11) is 0. The summed E-state index contributed by atoms with van der Waals surface area (Å²) in [5, 5.41) is 27.5. The van der Waals surface area contributed by atoms with E-state index in [1.54, 1.807) is 18.5 Å². The molecule has 0 spiro atoms. The molecular weight excluding hydrogens is 458 g/mol. The summed E-state index contributed by atoms with van der Waals surface area (Å²) in [6, 6.07) is 8.30. The average molecular weight is 480 g/mol. The molecule has 1 aromatic carbocycles. The van der Waals surface area contributed by atoms with E-state index in [1.165, 1.54) is 28.8 Å². The van der Waals surface area contributed by atoms with Gasteiger partial charge in [0, 0.05) is 25.3 Å². The van der Waals surface area contributed by atoms with Gasteiger partial charge in [-0.15, -0.1) is 10.2 Å². The third-order valence-electron chi connectivity index (χ3n) is 5.85. The van der Waals surface area contributed by atoms with Crippen LogP contribution in [0.15, 0.2) is 48.8 Å². The van der Waals surface area contributed by atoms with E-state index in [0.29, 0.717) is 17.9 Å². The van der Waals surface area contributed by atoms with Crippen LogP contribution in [0.2, 0.25) is 0 Å². The Balaban J connectivity index is 1.48.